The van der Waals surface area contributed by atoms with Crippen molar-refractivity contribution in [1.29, 1.82) is 0 Å². The molecule has 2 amide bonds. The zero-order valence-corrected chi connectivity index (χ0v) is 22.4. The van der Waals surface area contributed by atoms with Gasteiger partial charge in [0.15, 0.2) is 0 Å². The highest BCUT2D eigenvalue weighted by Gasteiger charge is 2.73. The molecule has 210 valence electrons. The van der Waals surface area contributed by atoms with E-state index in [1.54, 1.807) is 25.8 Å². The van der Waals surface area contributed by atoms with Crippen LogP contribution in [0.1, 0.15) is 44.7 Å². The van der Waals surface area contributed by atoms with Gasteiger partial charge in [-0.05, 0) is 56.2 Å². The summed E-state index contributed by atoms with van der Waals surface area (Å²) >= 11 is 1.73. The number of hydrogen-bond donors (Lipinski definition) is 1. The van der Waals surface area contributed by atoms with Gasteiger partial charge in [0.1, 0.15) is 11.3 Å². The van der Waals surface area contributed by atoms with E-state index in [-0.39, 0.29) is 17.9 Å². The van der Waals surface area contributed by atoms with E-state index in [0.717, 1.165) is 34.8 Å². The summed E-state index contributed by atoms with van der Waals surface area (Å²) in [5.74, 6) is -3.17. The van der Waals surface area contributed by atoms with E-state index in [4.69, 9.17) is 19.4 Å². The molecule has 3 saturated heterocycles. The van der Waals surface area contributed by atoms with Crippen LogP contribution in [0.15, 0.2) is 23.1 Å². The number of rotatable bonds is 7. The number of fused-ring (bicyclic) bond motifs is 3. The molecule has 3 aliphatic heterocycles. The normalized spacial score (nSPS) is 26.5. The van der Waals surface area contributed by atoms with Crippen molar-refractivity contribution in [3.63, 3.8) is 0 Å². The van der Waals surface area contributed by atoms with Gasteiger partial charge in [-0.2, -0.15) is 13.2 Å². The van der Waals surface area contributed by atoms with Crippen LogP contribution in [0.5, 0.6) is 5.75 Å². The van der Waals surface area contributed by atoms with Gasteiger partial charge in [0.2, 0.25) is 11.8 Å². The molecule has 1 N–H and O–H groups in total. The second-order valence-electron chi connectivity index (χ2n) is 9.14. The monoisotopic (exact) mass is 560 g/mol. The van der Waals surface area contributed by atoms with E-state index >= 15 is 0 Å². The number of esters is 1. The van der Waals surface area contributed by atoms with Gasteiger partial charge < -0.3 is 14.6 Å². The second-order valence-corrected chi connectivity index (χ2v) is 10.3. The number of likely N-dealkylation sites (tertiary alicyclic amines) is 1. The van der Waals surface area contributed by atoms with Gasteiger partial charge in [-0.15, -0.1) is 11.8 Å². The zero-order chi connectivity index (χ0) is 28.4. The highest BCUT2D eigenvalue weighted by Crippen LogP contribution is 2.59. The summed E-state index contributed by atoms with van der Waals surface area (Å²) in [5.41, 5.74) is -0.177. The standard InChI is InChI=1S/C23H30N2O5S.C2HF3O2/c1-5-12-31-16-9-8-14(13-15(16)29-3)19-17-18(21(27)24(6-2)20(17)26)23(22(28)30-4)10-7-11-25(19)23;3-2(4,5)1(6)7/h8-9,13,17-19H,5-7,10-12H2,1-4H3;(H,6,7)/t17-,18-,19+,23-;/m0./s1. The van der Waals surface area contributed by atoms with Gasteiger partial charge in [0, 0.05) is 17.5 Å². The minimum absolute atomic E-state index is 0.191. The fourth-order valence-electron chi connectivity index (χ4n) is 5.77. The predicted octanol–water partition coefficient (Wildman–Crippen LogP) is 3.51. The number of halogens is 3. The minimum atomic E-state index is -5.08. The molecule has 13 heteroatoms. The van der Waals surface area contributed by atoms with Crippen LogP contribution in [-0.4, -0.2) is 83.4 Å². The van der Waals surface area contributed by atoms with Crippen LogP contribution in [0, 0.1) is 11.8 Å². The number of benzene rings is 1. The summed E-state index contributed by atoms with van der Waals surface area (Å²) in [5, 5.41) is 7.12. The van der Waals surface area contributed by atoms with E-state index in [1.165, 1.54) is 12.0 Å². The lowest BCUT2D eigenvalue weighted by atomic mass is 9.77. The molecule has 4 atom stereocenters. The first-order chi connectivity index (χ1) is 17.9. The fourth-order valence-corrected chi connectivity index (χ4v) is 6.64. The van der Waals surface area contributed by atoms with Gasteiger partial charge in [-0.3, -0.25) is 24.2 Å². The van der Waals surface area contributed by atoms with Crippen molar-refractivity contribution in [3.8, 4) is 5.75 Å². The molecule has 0 spiro atoms. The molecule has 0 aliphatic carbocycles. The lowest BCUT2D eigenvalue weighted by Gasteiger charge is -2.36. The van der Waals surface area contributed by atoms with E-state index in [1.807, 2.05) is 18.2 Å². The number of alkyl halides is 3. The molecule has 3 fully saturated rings. The minimum Gasteiger partial charge on any atom is -0.496 e. The Kier molecular flexibility index (Phi) is 9.02. The van der Waals surface area contributed by atoms with Crippen molar-refractivity contribution >= 4 is 35.5 Å². The Morgan fingerprint density at radius 2 is 1.84 bits per heavy atom. The number of ether oxygens (including phenoxy) is 2. The van der Waals surface area contributed by atoms with Crippen LogP contribution >= 0.6 is 11.8 Å². The number of carbonyl (C=O) groups is 4. The number of thioether (sulfide) groups is 1. The molecule has 4 rings (SSSR count). The topological polar surface area (TPSA) is 113 Å². The van der Waals surface area contributed by atoms with Gasteiger partial charge >= 0.3 is 18.1 Å². The van der Waals surface area contributed by atoms with Crippen molar-refractivity contribution in [3.05, 3.63) is 23.8 Å². The van der Waals surface area contributed by atoms with Crippen LogP contribution in [0.4, 0.5) is 13.2 Å². The smallest absolute Gasteiger partial charge is 0.490 e. The first-order valence-electron chi connectivity index (χ1n) is 12.2. The van der Waals surface area contributed by atoms with Crippen molar-refractivity contribution in [2.45, 2.75) is 55.8 Å². The van der Waals surface area contributed by atoms with Crippen molar-refractivity contribution in [1.82, 2.24) is 9.80 Å². The van der Waals surface area contributed by atoms with Gasteiger partial charge in [-0.25, -0.2) is 4.79 Å². The number of methoxy groups -OCH3 is 2. The van der Waals surface area contributed by atoms with Crippen LogP contribution in [0.3, 0.4) is 0 Å². The van der Waals surface area contributed by atoms with Gasteiger partial charge in [0.05, 0.1) is 26.1 Å². The summed E-state index contributed by atoms with van der Waals surface area (Å²) < 4.78 is 42.6. The molecule has 0 bridgehead atoms. The summed E-state index contributed by atoms with van der Waals surface area (Å²) in [6.45, 7) is 4.89. The number of amides is 2. The number of aliphatic carboxylic acids is 1. The Hall–Kier alpha value is -2.80. The van der Waals surface area contributed by atoms with E-state index in [2.05, 4.69) is 11.8 Å². The van der Waals surface area contributed by atoms with E-state index < -0.39 is 35.5 Å². The summed E-state index contributed by atoms with van der Waals surface area (Å²) in [4.78, 5) is 53.1. The molecular weight excluding hydrogens is 529 g/mol. The Bertz CT molecular complexity index is 1100. The maximum absolute atomic E-state index is 13.4. The molecule has 1 aromatic rings. The second kappa shape index (κ2) is 11.5. The first kappa shape index (κ1) is 29.8. The third-order valence-electron chi connectivity index (χ3n) is 7.19. The molecule has 38 heavy (non-hydrogen) atoms. The molecule has 0 saturated carbocycles. The fraction of sp³-hybridized carbons (Fsp3) is 0.600. The number of nitrogens with zero attached hydrogens (tertiary/aromatic N) is 2. The number of carbonyl (C=O) groups excluding carboxylic acids is 3. The predicted molar refractivity (Wildman–Crippen MR) is 131 cm³/mol. The summed E-state index contributed by atoms with van der Waals surface area (Å²) in [7, 11) is 3.00. The van der Waals surface area contributed by atoms with Crippen LogP contribution in [0.2, 0.25) is 0 Å². The van der Waals surface area contributed by atoms with Crippen LogP contribution < -0.4 is 4.74 Å². The maximum Gasteiger partial charge on any atom is 0.490 e. The van der Waals surface area contributed by atoms with Gasteiger partial charge in [0.25, 0.3) is 0 Å². The third-order valence-corrected chi connectivity index (χ3v) is 8.45. The number of carboxylic acid groups (broad SMARTS) is 1. The molecule has 9 nitrogen and oxygen atoms in total. The molecule has 0 aromatic heterocycles. The van der Waals surface area contributed by atoms with Crippen LogP contribution in [0.25, 0.3) is 0 Å². The quantitative estimate of drug-likeness (QED) is 0.304. The zero-order valence-electron chi connectivity index (χ0n) is 21.5. The third kappa shape index (κ3) is 4.97. The first-order valence-corrected chi connectivity index (χ1v) is 13.2. The highest BCUT2D eigenvalue weighted by atomic mass is 32.2. The molecule has 3 heterocycles. The average Bonchev–Trinajstić information content (AvgIpc) is 3.50. The number of hydrogen-bond acceptors (Lipinski definition) is 8. The largest absolute Gasteiger partial charge is 0.496 e. The molecule has 1 aromatic carbocycles. The summed E-state index contributed by atoms with van der Waals surface area (Å²) in [6.07, 6.45) is -2.72. The maximum atomic E-state index is 13.4. The van der Waals surface area contributed by atoms with Crippen molar-refractivity contribution < 1.29 is 46.9 Å². The molecule has 0 unspecified atom stereocenters. The lowest BCUT2D eigenvalue weighted by Crippen LogP contribution is -2.54. The summed E-state index contributed by atoms with van der Waals surface area (Å²) in [6, 6.07) is 5.65. The Labute approximate surface area is 222 Å². The number of carboxylic acids is 1. The molecule has 0 radical (unpaired) electrons. The highest BCUT2D eigenvalue weighted by molar-refractivity contribution is 7.99. The number of imide groups is 1. The van der Waals surface area contributed by atoms with E-state index in [9.17, 15) is 27.6 Å². The average molecular weight is 561 g/mol. The molecule has 3 aliphatic rings. The Morgan fingerprint density at radius 1 is 1.18 bits per heavy atom. The Balaban J connectivity index is 0.000000505. The molecular formula is C25H31F3N2O7S. The lowest BCUT2D eigenvalue weighted by molar-refractivity contribution is -0.192. The van der Waals surface area contributed by atoms with Gasteiger partial charge in [-0.1, -0.05) is 13.0 Å². The Morgan fingerprint density at radius 3 is 2.37 bits per heavy atom. The van der Waals surface area contributed by atoms with Crippen molar-refractivity contribution in [2.75, 3.05) is 33.1 Å². The SMILES string of the molecule is CCCSc1ccc([C@@H]2[C@H]3C(=O)N(CC)C(=O)[C@H]3[C@]3(C(=O)OC)CCCN23)cc1OC.O=C(O)C(F)(F)F. The van der Waals surface area contributed by atoms with Crippen LogP contribution in [-0.2, 0) is 23.9 Å². The van der Waals surface area contributed by atoms with Crippen molar-refractivity contribution in [2.24, 2.45) is 11.8 Å². The van der Waals surface area contributed by atoms with E-state index in [0.29, 0.717) is 19.5 Å².